The first-order valence-electron chi connectivity index (χ1n) is 7.55. The van der Waals surface area contributed by atoms with Gasteiger partial charge in [0.15, 0.2) is 0 Å². The summed E-state index contributed by atoms with van der Waals surface area (Å²) in [5, 5.41) is 6.39. The summed E-state index contributed by atoms with van der Waals surface area (Å²) >= 11 is 0. The van der Waals surface area contributed by atoms with E-state index in [0.717, 1.165) is 18.0 Å². The topological polar surface area (TPSA) is 50.4 Å². The molecule has 0 bridgehead atoms. The van der Waals surface area contributed by atoms with E-state index in [-0.39, 0.29) is 11.9 Å². The van der Waals surface area contributed by atoms with Gasteiger partial charge in [0.2, 0.25) is 5.91 Å². The minimum absolute atomic E-state index is 0.0294. The van der Waals surface area contributed by atoms with Crippen molar-refractivity contribution in [2.45, 2.75) is 32.2 Å². The molecule has 2 fully saturated rings. The lowest BCUT2D eigenvalue weighted by Gasteiger charge is -2.18. The van der Waals surface area contributed by atoms with Gasteiger partial charge in [-0.1, -0.05) is 12.5 Å². The van der Waals surface area contributed by atoms with Gasteiger partial charge in [0.05, 0.1) is 12.6 Å². The minimum Gasteiger partial charge on any atom is -0.494 e. The van der Waals surface area contributed by atoms with E-state index in [0.29, 0.717) is 18.4 Å². The van der Waals surface area contributed by atoms with Crippen LogP contribution in [-0.2, 0) is 4.79 Å². The van der Waals surface area contributed by atoms with Crippen molar-refractivity contribution in [3.63, 3.8) is 0 Å². The van der Waals surface area contributed by atoms with E-state index in [4.69, 9.17) is 4.74 Å². The summed E-state index contributed by atoms with van der Waals surface area (Å²) in [6, 6.07) is 7.56. The van der Waals surface area contributed by atoms with Gasteiger partial charge < -0.3 is 15.4 Å². The van der Waals surface area contributed by atoms with E-state index >= 15 is 0 Å². The quantitative estimate of drug-likeness (QED) is 0.886. The van der Waals surface area contributed by atoms with Crippen molar-refractivity contribution in [2.75, 3.05) is 18.5 Å². The molecule has 2 N–H and O–H groups in total. The zero-order chi connectivity index (χ0) is 13.9. The van der Waals surface area contributed by atoms with Crippen molar-refractivity contribution in [1.29, 1.82) is 0 Å². The second-order valence-corrected chi connectivity index (χ2v) is 5.69. The second-order valence-electron chi connectivity index (χ2n) is 5.69. The normalized spacial score (nSPS) is 28.1. The van der Waals surface area contributed by atoms with Gasteiger partial charge in [-0.15, -0.1) is 0 Å². The first-order valence-corrected chi connectivity index (χ1v) is 7.55. The van der Waals surface area contributed by atoms with Crippen LogP contribution in [0.4, 0.5) is 5.69 Å². The molecule has 2 aliphatic rings. The number of fused-ring (bicyclic) bond motifs is 1. The number of nitrogens with one attached hydrogen (secondary N) is 2. The first-order chi connectivity index (χ1) is 9.78. The zero-order valence-electron chi connectivity index (χ0n) is 11.9. The minimum atomic E-state index is -0.0294. The molecule has 1 aliphatic heterocycles. The van der Waals surface area contributed by atoms with Gasteiger partial charge in [0.25, 0.3) is 0 Å². The van der Waals surface area contributed by atoms with E-state index in [1.807, 2.05) is 31.2 Å². The summed E-state index contributed by atoms with van der Waals surface area (Å²) in [7, 11) is 0. The number of rotatable bonds is 4. The highest BCUT2D eigenvalue weighted by atomic mass is 16.5. The SMILES string of the molecule is CCOc1cccc(NC(=O)C2NCC3CCCC32)c1. The summed E-state index contributed by atoms with van der Waals surface area (Å²) in [5.41, 5.74) is 0.809. The van der Waals surface area contributed by atoms with Crippen LogP contribution in [0.15, 0.2) is 24.3 Å². The fourth-order valence-corrected chi connectivity index (χ4v) is 3.52. The molecule has 1 aromatic rings. The van der Waals surface area contributed by atoms with Crippen molar-refractivity contribution in [1.82, 2.24) is 5.32 Å². The Labute approximate surface area is 119 Å². The van der Waals surface area contributed by atoms with Crippen LogP contribution in [0.5, 0.6) is 5.75 Å². The average molecular weight is 274 g/mol. The maximum atomic E-state index is 12.4. The van der Waals surface area contributed by atoms with Crippen molar-refractivity contribution < 1.29 is 9.53 Å². The van der Waals surface area contributed by atoms with Gasteiger partial charge in [-0.05, 0) is 50.3 Å². The van der Waals surface area contributed by atoms with Gasteiger partial charge in [-0.2, -0.15) is 0 Å². The largest absolute Gasteiger partial charge is 0.494 e. The standard InChI is InChI=1S/C16H22N2O2/c1-2-20-13-7-4-6-12(9-13)18-16(19)15-14-8-3-5-11(14)10-17-15/h4,6-7,9,11,14-15,17H,2-3,5,8,10H2,1H3,(H,18,19). The smallest absolute Gasteiger partial charge is 0.241 e. The molecule has 3 atom stereocenters. The Morgan fingerprint density at radius 3 is 3.20 bits per heavy atom. The number of carbonyl (C=O) groups is 1. The van der Waals surface area contributed by atoms with Crippen molar-refractivity contribution in [2.24, 2.45) is 11.8 Å². The van der Waals surface area contributed by atoms with E-state index in [1.165, 1.54) is 19.3 Å². The molecule has 20 heavy (non-hydrogen) atoms. The van der Waals surface area contributed by atoms with Crippen molar-refractivity contribution >= 4 is 11.6 Å². The fraction of sp³-hybridized carbons (Fsp3) is 0.562. The molecule has 0 spiro atoms. The number of anilines is 1. The van der Waals surface area contributed by atoms with E-state index in [1.54, 1.807) is 0 Å². The summed E-state index contributed by atoms with van der Waals surface area (Å²) in [6.07, 6.45) is 3.70. The molecule has 3 rings (SSSR count). The van der Waals surface area contributed by atoms with Crippen LogP contribution < -0.4 is 15.4 Å². The third-order valence-corrected chi connectivity index (χ3v) is 4.44. The van der Waals surface area contributed by atoms with Gasteiger partial charge in [0.1, 0.15) is 5.75 Å². The monoisotopic (exact) mass is 274 g/mol. The molecule has 1 heterocycles. The summed E-state index contributed by atoms with van der Waals surface area (Å²) in [6.45, 7) is 3.57. The maximum absolute atomic E-state index is 12.4. The number of amides is 1. The Morgan fingerprint density at radius 2 is 2.35 bits per heavy atom. The lowest BCUT2D eigenvalue weighted by Crippen LogP contribution is -2.39. The maximum Gasteiger partial charge on any atom is 0.241 e. The second kappa shape index (κ2) is 5.83. The molecular weight excluding hydrogens is 252 g/mol. The fourth-order valence-electron chi connectivity index (χ4n) is 3.52. The summed E-state index contributed by atoms with van der Waals surface area (Å²) < 4.78 is 5.46. The molecule has 0 aromatic heterocycles. The predicted octanol–water partition coefficient (Wildman–Crippen LogP) is 2.41. The number of hydrogen-bond acceptors (Lipinski definition) is 3. The van der Waals surface area contributed by atoms with E-state index in [9.17, 15) is 4.79 Å². The molecule has 4 heteroatoms. The Hall–Kier alpha value is -1.55. The molecule has 1 aromatic carbocycles. The van der Waals surface area contributed by atoms with Crippen LogP contribution in [0, 0.1) is 11.8 Å². The summed E-state index contributed by atoms with van der Waals surface area (Å²) in [4.78, 5) is 12.4. The Balaban J connectivity index is 1.65. The molecule has 3 unspecified atom stereocenters. The Bertz CT molecular complexity index is 489. The summed E-state index contributed by atoms with van der Waals surface area (Å²) in [5.74, 6) is 2.10. The zero-order valence-corrected chi connectivity index (χ0v) is 11.9. The third-order valence-electron chi connectivity index (χ3n) is 4.44. The number of benzene rings is 1. The number of ether oxygens (including phenoxy) is 1. The molecule has 108 valence electrons. The average Bonchev–Trinajstić information content (AvgIpc) is 3.01. The highest BCUT2D eigenvalue weighted by molar-refractivity contribution is 5.95. The Morgan fingerprint density at radius 1 is 1.45 bits per heavy atom. The molecular formula is C16H22N2O2. The van der Waals surface area contributed by atoms with Gasteiger partial charge in [-0.25, -0.2) is 0 Å². The van der Waals surface area contributed by atoms with Crippen LogP contribution >= 0.6 is 0 Å². The third kappa shape index (κ3) is 2.66. The van der Waals surface area contributed by atoms with Crippen LogP contribution in [-0.4, -0.2) is 25.1 Å². The van der Waals surface area contributed by atoms with Crippen LogP contribution in [0.3, 0.4) is 0 Å². The highest BCUT2D eigenvalue weighted by Crippen LogP contribution is 2.38. The highest BCUT2D eigenvalue weighted by Gasteiger charge is 2.42. The van der Waals surface area contributed by atoms with Gasteiger partial charge in [0, 0.05) is 11.8 Å². The van der Waals surface area contributed by atoms with Gasteiger partial charge >= 0.3 is 0 Å². The molecule has 0 radical (unpaired) electrons. The van der Waals surface area contributed by atoms with Crippen LogP contribution in [0.25, 0.3) is 0 Å². The number of carbonyl (C=O) groups excluding carboxylic acids is 1. The molecule has 1 aliphatic carbocycles. The van der Waals surface area contributed by atoms with E-state index in [2.05, 4.69) is 10.6 Å². The van der Waals surface area contributed by atoms with Crippen LogP contribution in [0.1, 0.15) is 26.2 Å². The number of hydrogen-bond donors (Lipinski definition) is 2. The molecule has 1 saturated carbocycles. The lowest BCUT2D eigenvalue weighted by atomic mass is 9.93. The van der Waals surface area contributed by atoms with E-state index < -0.39 is 0 Å². The Kier molecular flexibility index (Phi) is 3.92. The molecule has 4 nitrogen and oxygen atoms in total. The lowest BCUT2D eigenvalue weighted by molar-refractivity contribution is -0.118. The van der Waals surface area contributed by atoms with Gasteiger partial charge in [-0.3, -0.25) is 4.79 Å². The van der Waals surface area contributed by atoms with Crippen molar-refractivity contribution in [3.05, 3.63) is 24.3 Å². The molecule has 1 amide bonds. The van der Waals surface area contributed by atoms with Crippen LogP contribution in [0.2, 0.25) is 0 Å². The molecule has 1 saturated heterocycles. The predicted molar refractivity (Wildman–Crippen MR) is 78.9 cm³/mol. The van der Waals surface area contributed by atoms with Crippen molar-refractivity contribution in [3.8, 4) is 5.75 Å². The first kappa shape index (κ1) is 13.4.